The summed E-state index contributed by atoms with van der Waals surface area (Å²) < 4.78 is 10.8. The largest absolute Gasteiger partial charge is 0.493 e. The number of ether oxygens (including phenoxy) is 2. The number of hydrogen-bond donors (Lipinski definition) is 1. The predicted octanol–water partition coefficient (Wildman–Crippen LogP) is 4.37. The molecular weight excluding hydrogens is 398 g/mol. The van der Waals surface area contributed by atoms with Crippen LogP contribution in [0.2, 0.25) is 0 Å². The fraction of sp³-hybridized carbons (Fsp3) is 0.261. The highest BCUT2D eigenvalue weighted by Gasteiger charge is 2.06. The number of nitrogens with zero attached hydrogens (tertiary/aromatic N) is 2. The molecule has 0 fully saturated rings. The summed E-state index contributed by atoms with van der Waals surface area (Å²) in [6, 6.07) is 9.47. The van der Waals surface area contributed by atoms with Crippen molar-refractivity contribution >= 4 is 23.3 Å². The van der Waals surface area contributed by atoms with Crippen LogP contribution in [0.3, 0.4) is 0 Å². The van der Waals surface area contributed by atoms with E-state index in [-0.39, 0.29) is 5.91 Å². The maximum Gasteiger partial charge on any atom is 0.243 e. The number of carbonyl (C=O) groups excluding carboxylic acids is 1. The molecule has 3 rings (SSSR count). The number of amides is 1. The van der Waals surface area contributed by atoms with Gasteiger partial charge in [0.1, 0.15) is 0 Å². The van der Waals surface area contributed by atoms with E-state index in [4.69, 9.17) is 9.47 Å². The predicted molar refractivity (Wildman–Crippen MR) is 120 cm³/mol. The SMILES string of the molecule is CCOc1ccc(C=CC(=O)NCCCc2nc(-c3ccncc3)cs2)cc1OC. The molecule has 7 heteroatoms. The first-order valence-corrected chi connectivity index (χ1v) is 10.7. The number of aromatic nitrogens is 2. The van der Waals surface area contributed by atoms with Crippen molar-refractivity contribution in [1.29, 1.82) is 0 Å². The molecule has 0 aliphatic rings. The molecular formula is C23H25N3O3S. The van der Waals surface area contributed by atoms with Crippen LogP contribution in [-0.4, -0.2) is 36.1 Å². The molecule has 1 aromatic carbocycles. The first-order chi connectivity index (χ1) is 14.7. The summed E-state index contributed by atoms with van der Waals surface area (Å²) in [6.45, 7) is 3.09. The smallest absolute Gasteiger partial charge is 0.243 e. The van der Waals surface area contributed by atoms with Gasteiger partial charge in [-0.2, -0.15) is 0 Å². The van der Waals surface area contributed by atoms with Crippen LogP contribution in [0.25, 0.3) is 17.3 Å². The van der Waals surface area contributed by atoms with Crippen LogP contribution >= 0.6 is 11.3 Å². The number of pyridine rings is 1. The zero-order valence-electron chi connectivity index (χ0n) is 17.1. The summed E-state index contributed by atoms with van der Waals surface area (Å²) in [5, 5.41) is 6.02. The van der Waals surface area contributed by atoms with Crippen molar-refractivity contribution in [3.05, 3.63) is 64.8 Å². The van der Waals surface area contributed by atoms with Crippen molar-refractivity contribution in [2.24, 2.45) is 0 Å². The van der Waals surface area contributed by atoms with Gasteiger partial charge in [0.15, 0.2) is 11.5 Å². The van der Waals surface area contributed by atoms with E-state index in [0.29, 0.717) is 24.7 Å². The summed E-state index contributed by atoms with van der Waals surface area (Å²) in [6.07, 6.45) is 8.48. The average molecular weight is 424 g/mol. The molecule has 1 amide bonds. The number of nitrogens with one attached hydrogen (secondary N) is 1. The minimum absolute atomic E-state index is 0.125. The van der Waals surface area contributed by atoms with E-state index in [9.17, 15) is 4.79 Å². The highest BCUT2D eigenvalue weighted by Crippen LogP contribution is 2.28. The highest BCUT2D eigenvalue weighted by atomic mass is 32.1. The normalized spacial score (nSPS) is 10.9. The van der Waals surface area contributed by atoms with Gasteiger partial charge in [-0.3, -0.25) is 9.78 Å². The lowest BCUT2D eigenvalue weighted by Crippen LogP contribution is -2.22. The van der Waals surface area contributed by atoms with Gasteiger partial charge in [0.2, 0.25) is 5.91 Å². The molecule has 6 nitrogen and oxygen atoms in total. The third-order valence-electron chi connectivity index (χ3n) is 4.31. The molecule has 0 atom stereocenters. The molecule has 0 aliphatic heterocycles. The van der Waals surface area contributed by atoms with E-state index in [1.165, 1.54) is 6.08 Å². The Hall–Kier alpha value is -3.19. The Bertz CT molecular complexity index is 986. The molecule has 2 aromatic heterocycles. The van der Waals surface area contributed by atoms with E-state index in [1.54, 1.807) is 36.9 Å². The van der Waals surface area contributed by atoms with Crippen molar-refractivity contribution in [3.8, 4) is 22.8 Å². The minimum atomic E-state index is -0.125. The first-order valence-electron chi connectivity index (χ1n) is 9.81. The van der Waals surface area contributed by atoms with E-state index in [0.717, 1.165) is 34.7 Å². The first kappa shape index (κ1) is 21.5. The van der Waals surface area contributed by atoms with Gasteiger partial charge in [-0.05, 0) is 49.2 Å². The Kier molecular flexibility index (Phi) is 7.97. The topological polar surface area (TPSA) is 73.3 Å². The van der Waals surface area contributed by atoms with Crippen LogP contribution in [0, 0.1) is 0 Å². The fourth-order valence-corrected chi connectivity index (χ4v) is 3.68. The molecule has 3 aromatic rings. The molecule has 156 valence electrons. The summed E-state index contributed by atoms with van der Waals surface area (Å²) in [5.41, 5.74) is 2.91. The Labute approximate surface area is 180 Å². The van der Waals surface area contributed by atoms with E-state index in [1.807, 2.05) is 37.3 Å². The summed E-state index contributed by atoms with van der Waals surface area (Å²) >= 11 is 1.64. The van der Waals surface area contributed by atoms with Crippen LogP contribution < -0.4 is 14.8 Å². The lowest BCUT2D eigenvalue weighted by Gasteiger charge is -2.09. The highest BCUT2D eigenvalue weighted by molar-refractivity contribution is 7.09. The fourth-order valence-electron chi connectivity index (χ4n) is 2.83. The second-order valence-electron chi connectivity index (χ2n) is 6.43. The van der Waals surface area contributed by atoms with Crippen molar-refractivity contribution in [1.82, 2.24) is 15.3 Å². The van der Waals surface area contributed by atoms with Crippen molar-refractivity contribution in [2.45, 2.75) is 19.8 Å². The molecule has 0 saturated carbocycles. The molecule has 0 radical (unpaired) electrons. The molecule has 0 spiro atoms. The molecule has 1 N–H and O–H groups in total. The van der Waals surface area contributed by atoms with Crippen LogP contribution in [0.15, 0.2) is 54.2 Å². The number of aryl methyl sites for hydroxylation is 1. The maximum atomic E-state index is 12.1. The van der Waals surface area contributed by atoms with Crippen LogP contribution in [-0.2, 0) is 11.2 Å². The van der Waals surface area contributed by atoms with Crippen molar-refractivity contribution < 1.29 is 14.3 Å². The Morgan fingerprint density at radius 3 is 2.80 bits per heavy atom. The second kappa shape index (κ2) is 11.1. The van der Waals surface area contributed by atoms with E-state index < -0.39 is 0 Å². The molecule has 0 unspecified atom stereocenters. The van der Waals surface area contributed by atoms with Crippen molar-refractivity contribution in [2.75, 3.05) is 20.3 Å². The second-order valence-corrected chi connectivity index (χ2v) is 7.38. The van der Waals surface area contributed by atoms with Crippen molar-refractivity contribution in [3.63, 3.8) is 0 Å². The third-order valence-corrected chi connectivity index (χ3v) is 5.22. The summed E-state index contributed by atoms with van der Waals surface area (Å²) in [5.74, 6) is 1.21. The zero-order valence-corrected chi connectivity index (χ0v) is 17.9. The molecule has 0 saturated heterocycles. The average Bonchev–Trinajstić information content (AvgIpc) is 3.26. The standard InChI is InChI=1S/C23H25N3O3S/c1-3-29-20-8-6-17(15-21(20)28-2)7-9-22(27)25-12-4-5-23-26-19(16-30-23)18-10-13-24-14-11-18/h6-11,13-16H,3-5,12H2,1-2H3,(H,25,27). The maximum absolute atomic E-state index is 12.1. The van der Waals surface area contributed by atoms with Crippen LogP contribution in [0.1, 0.15) is 23.9 Å². The van der Waals surface area contributed by atoms with Gasteiger partial charge in [0.25, 0.3) is 0 Å². The van der Waals surface area contributed by atoms with Crippen LogP contribution in [0.4, 0.5) is 0 Å². The lowest BCUT2D eigenvalue weighted by molar-refractivity contribution is -0.116. The van der Waals surface area contributed by atoms with E-state index >= 15 is 0 Å². The number of rotatable bonds is 10. The number of hydrogen-bond acceptors (Lipinski definition) is 6. The van der Waals surface area contributed by atoms with Gasteiger partial charge in [0, 0.05) is 42.4 Å². The number of thiazole rings is 1. The Morgan fingerprint density at radius 2 is 2.03 bits per heavy atom. The molecule has 0 bridgehead atoms. The quantitative estimate of drug-likeness (QED) is 0.387. The summed E-state index contributed by atoms with van der Waals surface area (Å²) in [7, 11) is 1.60. The number of benzene rings is 1. The lowest BCUT2D eigenvalue weighted by atomic mass is 10.2. The Morgan fingerprint density at radius 1 is 1.20 bits per heavy atom. The molecule has 30 heavy (non-hydrogen) atoms. The van der Waals surface area contributed by atoms with Gasteiger partial charge in [-0.15, -0.1) is 11.3 Å². The Balaban J connectivity index is 1.43. The van der Waals surface area contributed by atoms with Gasteiger partial charge >= 0.3 is 0 Å². The van der Waals surface area contributed by atoms with Gasteiger partial charge in [-0.25, -0.2) is 4.98 Å². The number of carbonyl (C=O) groups is 1. The van der Waals surface area contributed by atoms with Gasteiger partial charge < -0.3 is 14.8 Å². The third kappa shape index (κ3) is 6.15. The molecule has 0 aliphatic carbocycles. The summed E-state index contributed by atoms with van der Waals surface area (Å²) in [4.78, 5) is 20.7. The van der Waals surface area contributed by atoms with Gasteiger partial charge in [-0.1, -0.05) is 6.07 Å². The zero-order chi connectivity index (χ0) is 21.2. The van der Waals surface area contributed by atoms with E-state index in [2.05, 4.69) is 20.7 Å². The van der Waals surface area contributed by atoms with Gasteiger partial charge in [0.05, 0.1) is 24.4 Å². The monoisotopic (exact) mass is 423 g/mol. The minimum Gasteiger partial charge on any atom is -0.493 e. The molecule has 2 heterocycles. The van der Waals surface area contributed by atoms with Crippen LogP contribution in [0.5, 0.6) is 11.5 Å². The number of methoxy groups -OCH3 is 1.